The Morgan fingerprint density at radius 2 is 1.84 bits per heavy atom. The average Bonchev–Trinajstić information content (AvgIpc) is 3.20. The van der Waals surface area contributed by atoms with Gasteiger partial charge in [-0.05, 0) is 56.0 Å². The number of hydrogen-bond acceptors (Lipinski definition) is 7. The summed E-state index contributed by atoms with van der Waals surface area (Å²) in [5.41, 5.74) is 1.60. The molecule has 32 heavy (non-hydrogen) atoms. The van der Waals surface area contributed by atoms with E-state index < -0.39 is 0 Å². The standard InChI is InChI=1S/C24H29N5O3/c1-28(2)24(31)22-10-14-9-20(30)18(13-21(14)32-22)19-7-8-23(27-26-19)29(3)17-11-15-5-4-6-16(12-17)25-15/h7-10,13,15-17,25,30H,4-6,11-12H2,1-3H3/t15-,16+,17-. The van der Waals surface area contributed by atoms with Gasteiger partial charge in [-0.1, -0.05) is 6.42 Å². The Morgan fingerprint density at radius 1 is 1.09 bits per heavy atom. The number of nitrogens with zero attached hydrogens (tertiary/aromatic N) is 4. The van der Waals surface area contributed by atoms with Gasteiger partial charge < -0.3 is 24.6 Å². The van der Waals surface area contributed by atoms with Crippen LogP contribution in [0.5, 0.6) is 5.75 Å². The van der Waals surface area contributed by atoms with E-state index >= 15 is 0 Å². The van der Waals surface area contributed by atoms with Gasteiger partial charge in [0, 0.05) is 50.2 Å². The van der Waals surface area contributed by atoms with Crippen molar-refractivity contribution in [3.05, 3.63) is 36.1 Å². The summed E-state index contributed by atoms with van der Waals surface area (Å²) in [6, 6.07) is 10.4. The van der Waals surface area contributed by atoms with Crippen LogP contribution in [0.25, 0.3) is 22.2 Å². The van der Waals surface area contributed by atoms with E-state index in [2.05, 4.69) is 27.5 Å². The van der Waals surface area contributed by atoms with Crippen LogP contribution < -0.4 is 10.2 Å². The van der Waals surface area contributed by atoms with Crippen LogP contribution in [-0.2, 0) is 0 Å². The smallest absolute Gasteiger partial charge is 0.289 e. The lowest BCUT2D eigenvalue weighted by Gasteiger charge is -2.43. The first kappa shape index (κ1) is 20.8. The maximum Gasteiger partial charge on any atom is 0.289 e. The molecule has 2 saturated heterocycles. The maximum absolute atomic E-state index is 12.2. The van der Waals surface area contributed by atoms with Crippen LogP contribution in [0.4, 0.5) is 5.82 Å². The van der Waals surface area contributed by atoms with E-state index in [1.807, 2.05) is 12.1 Å². The van der Waals surface area contributed by atoms with Gasteiger partial charge >= 0.3 is 0 Å². The van der Waals surface area contributed by atoms with Crippen molar-refractivity contribution in [3.63, 3.8) is 0 Å². The highest BCUT2D eigenvalue weighted by Crippen LogP contribution is 2.35. The van der Waals surface area contributed by atoms with Crippen molar-refractivity contribution in [1.82, 2.24) is 20.4 Å². The largest absolute Gasteiger partial charge is 0.507 e. The molecule has 8 nitrogen and oxygen atoms in total. The predicted molar refractivity (Wildman–Crippen MR) is 123 cm³/mol. The number of fused-ring (bicyclic) bond motifs is 3. The van der Waals surface area contributed by atoms with Gasteiger partial charge in [-0.2, -0.15) is 0 Å². The van der Waals surface area contributed by atoms with Crippen LogP contribution in [0.3, 0.4) is 0 Å². The first-order valence-corrected chi connectivity index (χ1v) is 11.2. The molecule has 2 N–H and O–H groups in total. The lowest BCUT2D eigenvalue weighted by molar-refractivity contribution is 0.0799. The molecule has 2 aromatic heterocycles. The van der Waals surface area contributed by atoms with Gasteiger partial charge in [0.05, 0.1) is 5.69 Å². The molecule has 1 amide bonds. The van der Waals surface area contributed by atoms with E-state index in [0.717, 1.165) is 18.7 Å². The SMILES string of the molecule is CN(C)C(=O)c1cc2cc(O)c(-c3ccc(N(C)[C@@H]4C[C@H]5CCC[C@@H](C4)N5)nn3)cc2o1. The van der Waals surface area contributed by atoms with Crippen molar-refractivity contribution in [3.8, 4) is 17.0 Å². The molecular formula is C24H29N5O3. The van der Waals surface area contributed by atoms with Gasteiger partial charge in [-0.3, -0.25) is 4.79 Å². The first-order valence-electron chi connectivity index (χ1n) is 11.2. The van der Waals surface area contributed by atoms with E-state index in [1.54, 1.807) is 32.3 Å². The number of aromatic hydroxyl groups is 1. The number of hydrogen-bond donors (Lipinski definition) is 2. The Balaban J connectivity index is 1.38. The Hall–Kier alpha value is -3.13. The van der Waals surface area contributed by atoms with Crippen molar-refractivity contribution >= 4 is 22.7 Å². The Bertz CT molecular complexity index is 1130. The zero-order valence-corrected chi connectivity index (χ0v) is 18.7. The number of rotatable bonds is 4. The minimum absolute atomic E-state index is 0.0729. The van der Waals surface area contributed by atoms with Crippen LogP contribution >= 0.6 is 0 Å². The molecule has 2 fully saturated rings. The summed E-state index contributed by atoms with van der Waals surface area (Å²) in [7, 11) is 5.43. The summed E-state index contributed by atoms with van der Waals surface area (Å²) < 4.78 is 5.72. The van der Waals surface area contributed by atoms with Gasteiger partial charge in [-0.25, -0.2) is 0 Å². The van der Waals surface area contributed by atoms with Crippen LogP contribution in [0.2, 0.25) is 0 Å². The minimum atomic E-state index is -0.225. The van der Waals surface area contributed by atoms with Crippen LogP contribution in [0, 0.1) is 0 Å². The van der Waals surface area contributed by atoms with E-state index in [1.165, 1.54) is 24.2 Å². The molecule has 8 heteroatoms. The van der Waals surface area contributed by atoms with Crippen LogP contribution in [0.1, 0.15) is 42.7 Å². The normalized spacial score (nSPS) is 22.7. The number of piperidine rings is 2. The second-order valence-electron chi connectivity index (χ2n) is 9.22. The summed E-state index contributed by atoms with van der Waals surface area (Å²) in [6.45, 7) is 0. The molecule has 2 aliphatic heterocycles. The minimum Gasteiger partial charge on any atom is -0.507 e. The molecule has 0 aliphatic carbocycles. The second kappa shape index (κ2) is 8.09. The Labute approximate surface area is 187 Å². The van der Waals surface area contributed by atoms with Crippen LogP contribution in [0.15, 0.2) is 34.7 Å². The molecule has 168 valence electrons. The number of carbonyl (C=O) groups is 1. The summed E-state index contributed by atoms with van der Waals surface area (Å²) in [5, 5.41) is 23.8. The highest BCUT2D eigenvalue weighted by Gasteiger charge is 2.33. The molecule has 0 radical (unpaired) electrons. The monoisotopic (exact) mass is 435 g/mol. The number of amides is 1. The van der Waals surface area contributed by atoms with Gasteiger partial charge in [0.25, 0.3) is 5.91 Å². The van der Waals surface area contributed by atoms with Crippen molar-refractivity contribution < 1.29 is 14.3 Å². The quantitative estimate of drug-likeness (QED) is 0.648. The molecule has 0 saturated carbocycles. The van der Waals surface area contributed by atoms with Gasteiger partial charge in [-0.15, -0.1) is 10.2 Å². The third-order valence-electron chi connectivity index (χ3n) is 6.78. The fourth-order valence-electron chi connectivity index (χ4n) is 5.00. The maximum atomic E-state index is 12.2. The zero-order valence-electron chi connectivity index (χ0n) is 18.7. The lowest BCUT2D eigenvalue weighted by Crippen LogP contribution is -2.54. The number of nitrogens with one attached hydrogen (secondary N) is 1. The van der Waals surface area contributed by atoms with E-state index in [-0.39, 0.29) is 17.4 Å². The second-order valence-corrected chi connectivity index (χ2v) is 9.22. The van der Waals surface area contributed by atoms with E-state index in [0.29, 0.717) is 40.4 Å². The number of aromatic nitrogens is 2. The molecule has 0 unspecified atom stereocenters. The number of furan rings is 1. The van der Waals surface area contributed by atoms with Crippen molar-refractivity contribution in [2.24, 2.45) is 0 Å². The first-order chi connectivity index (χ1) is 15.4. The molecule has 0 spiro atoms. The fourth-order valence-corrected chi connectivity index (χ4v) is 5.00. The third kappa shape index (κ3) is 3.79. The number of phenols is 1. The van der Waals surface area contributed by atoms with Gasteiger partial charge in [0.1, 0.15) is 11.3 Å². The molecule has 4 heterocycles. The molecule has 3 atom stereocenters. The molecular weight excluding hydrogens is 406 g/mol. The third-order valence-corrected chi connectivity index (χ3v) is 6.78. The highest BCUT2D eigenvalue weighted by atomic mass is 16.3. The van der Waals surface area contributed by atoms with Crippen molar-refractivity contribution in [2.45, 2.75) is 50.2 Å². The predicted octanol–water partition coefficient (Wildman–Crippen LogP) is 3.41. The molecule has 5 rings (SSSR count). The van der Waals surface area contributed by atoms with E-state index in [9.17, 15) is 9.90 Å². The summed E-state index contributed by atoms with van der Waals surface area (Å²) >= 11 is 0. The summed E-state index contributed by atoms with van der Waals surface area (Å²) in [4.78, 5) is 15.9. The Morgan fingerprint density at radius 3 is 2.50 bits per heavy atom. The van der Waals surface area contributed by atoms with Gasteiger partial charge in [0.2, 0.25) is 0 Å². The van der Waals surface area contributed by atoms with Crippen molar-refractivity contribution in [2.75, 3.05) is 26.0 Å². The topological polar surface area (TPSA) is 94.7 Å². The van der Waals surface area contributed by atoms with Crippen LogP contribution in [-0.4, -0.2) is 65.4 Å². The zero-order chi connectivity index (χ0) is 22.4. The highest BCUT2D eigenvalue weighted by molar-refractivity contribution is 5.97. The summed E-state index contributed by atoms with van der Waals surface area (Å²) in [6.07, 6.45) is 6.08. The lowest BCUT2D eigenvalue weighted by atomic mass is 9.83. The number of phenolic OH excluding ortho intramolecular Hbond substituents is 1. The molecule has 2 bridgehead atoms. The van der Waals surface area contributed by atoms with Gasteiger partial charge in [0.15, 0.2) is 11.6 Å². The molecule has 1 aromatic carbocycles. The number of anilines is 1. The van der Waals surface area contributed by atoms with Crippen molar-refractivity contribution in [1.29, 1.82) is 0 Å². The fraction of sp³-hybridized carbons (Fsp3) is 0.458. The summed E-state index contributed by atoms with van der Waals surface area (Å²) in [5.74, 6) is 0.910. The number of carbonyl (C=O) groups excluding carboxylic acids is 1. The molecule has 2 aliphatic rings. The Kier molecular flexibility index (Phi) is 5.25. The van der Waals surface area contributed by atoms with E-state index in [4.69, 9.17) is 4.42 Å². The average molecular weight is 436 g/mol. The molecule has 3 aromatic rings. The number of benzene rings is 1.